The van der Waals surface area contributed by atoms with Crippen molar-refractivity contribution in [3.05, 3.63) is 89.3 Å². The van der Waals surface area contributed by atoms with E-state index in [0.29, 0.717) is 21.6 Å². The molecule has 0 saturated heterocycles. The molecule has 35 heavy (non-hydrogen) atoms. The van der Waals surface area contributed by atoms with Gasteiger partial charge in [0, 0.05) is 26.5 Å². The molecule has 1 unspecified atom stereocenters. The van der Waals surface area contributed by atoms with Crippen molar-refractivity contribution >= 4 is 57.3 Å². The maximum absolute atomic E-state index is 12.7. The molecule has 2 amide bonds. The van der Waals surface area contributed by atoms with Gasteiger partial charge in [0.1, 0.15) is 5.75 Å². The molecular formula is C26H22ClN3O3S2. The van der Waals surface area contributed by atoms with Crippen molar-refractivity contribution in [3.8, 4) is 17.0 Å². The van der Waals surface area contributed by atoms with Crippen molar-refractivity contribution in [1.29, 1.82) is 0 Å². The average Bonchev–Trinajstić information content (AvgIpc) is 3.32. The van der Waals surface area contributed by atoms with Crippen LogP contribution in [0.5, 0.6) is 5.75 Å². The quantitative estimate of drug-likeness (QED) is 0.241. The zero-order valence-corrected chi connectivity index (χ0v) is 21.1. The molecule has 1 aromatic heterocycles. The average molecular weight is 524 g/mol. The van der Waals surface area contributed by atoms with Crippen LogP contribution in [0.1, 0.15) is 6.92 Å². The van der Waals surface area contributed by atoms with Crippen LogP contribution in [0.3, 0.4) is 0 Å². The van der Waals surface area contributed by atoms with Crippen molar-refractivity contribution < 1.29 is 14.3 Å². The van der Waals surface area contributed by atoms with Gasteiger partial charge in [-0.1, -0.05) is 54.1 Å². The number of hydrogen-bond donors (Lipinski definition) is 2. The lowest BCUT2D eigenvalue weighted by molar-refractivity contribution is -0.118. The highest BCUT2D eigenvalue weighted by molar-refractivity contribution is 8.00. The molecule has 4 rings (SSSR count). The van der Waals surface area contributed by atoms with E-state index in [-0.39, 0.29) is 23.7 Å². The maximum atomic E-state index is 12.7. The second-order valence-corrected chi connectivity index (χ2v) is 10.1. The molecule has 0 radical (unpaired) electrons. The largest absolute Gasteiger partial charge is 0.484 e. The summed E-state index contributed by atoms with van der Waals surface area (Å²) in [7, 11) is 0. The maximum Gasteiger partial charge on any atom is 0.262 e. The monoisotopic (exact) mass is 523 g/mol. The molecule has 0 fully saturated rings. The van der Waals surface area contributed by atoms with Crippen LogP contribution >= 0.6 is 34.7 Å². The van der Waals surface area contributed by atoms with Crippen LogP contribution in [0.2, 0.25) is 5.02 Å². The number of carbonyl (C=O) groups is 2. The normalized spacial score (nSPS) is 11.5. The fourth-order valence-corrected chi connectivity index (χ4v) is 4.97. The van der Waals surface area contributed by atoms with Gasteiger partial charge in [-0.25, -0.2) is 4.98 Å². The summed E-state index contributed by atoms with van der Waals surface area (Å²) in [6.45, 7) is 1.73. The van der Waals surface area contributed by atoms with Crippen molar-refractivity contribution in [2.75, 3.05) is 17.2 Å². The molecule has 178 valence electrons. The number of thioether (sulfide) groups is 1. The Labute approximate surface area is 216 Å². The van der Waals surface area contributed by atoms with E-state index >= 15 is 0 Å². The number of halogens is 1. The van der Waals surface area contributed by atoms with Gasteiger partial charge in [-0.05, 0) is 43.3 Å². The first kappa shape index (κ1) is 24.8. The summed E-state index contributed by atoms with van der Waals surface area (Å²) < 4.78 is 5.48. The van der Waals surface area contributed by atoms with Crippen LogP contribution in [0.25, 0.3) is 11.3 Å². The summed E-state index contributed by atoms with van der Waals surface area (Å²) in [6, 6.07) is 23.9. The molecule has 3 aromatic carbocycles. The minimum absolute atomic E-state index is 0.0931. The van der Waals surface area contributed by atoms with Crippen LogP contribution in [-0.2, 0) is 9.59 Å². The number of thiazole rings is 1. The Morgan fingerprint density at radius 2 is 1.80 bits per heavy atom. The predicted molar refractivity (Wildman–Crippen MR) is 144 cm³/mol. The second-order valence-electron chi connectivity index (χ2n) is 7.44. The molecule has 4 aromatic rings. The summed E-state index contributed by atoms with van der Waals surface area (Å²) in [6.07, 6.45) is 0. The molecule has 0 aliphatic heterocycles. The number of benzene rings is 3. The van der Waals surface area contributed by atoms with E-state index in [0.717, 1.165) is 16.2 Å². The van der Waals surface area contributed by atoms with Crippen molar-refractivity contribution in [2.24, 2.45) is 0 Å². The van der Waals surface area contributed by atoms with E-state index in [1.54, 1.807) is 24.3 Å². The molecule has 1 atom stereocenters. The van der Waals surface area contributed by atoms with Crippen molar-refractivity contribution in [2.45, 2.75) is 17.1 Å². The van der Waals surface area contributed by atoms with Crippen LogP contribution in [0, 0.1) is 0 Å². The molecule has 0 aliphatic carbocycles. The molecule has 6 nitrogen and oxygen atoms in total. The molecule has 0 saturated carbocycles. The minimum Gasteiger partial charge on any atom is -0.484 e. The molecule has 0 aliphatic rings. The van der Waals surface area contributed by atoms with E-state index in [2.05, 4.69) is 15.6 Å². The summed E-state index contributed by atoms with van der Waals surface area (Å²) in [5, 5.41) is 8.29. The topological polar surface area (TPSA) is 80.3 Å². The Morgan fingerprint density at radius 3 is 2.60 bits per heavy atom. The third-order valence-electron chi connectivity index (χ3n) is 4.80. The Kier molecular flexibility index (Phi) is 8.41. The first-order chi connectivity index (χ1) is 17.0. The highest BCUT2D eigenvalue weighted by Gasteiger charge is 2.17. The third kappa shape index (κ3) is 7.08. The van der Waals surface area contributed by atoms with Gasteiger partial charge in [-0.3, -0.25) is 9.59 Å². The van der Waals surface area contributed by atoms with E-state index in [9.17, 15) is 9.59 Å². The van der Waals surface area contributed by atoms with Gasteiger partial charge >= 0.3 is 0 Å². The fourth-order valence-electron chi connectivity index (χ4n) is 3.10. The molecule has 0 spiro atoms. The van der Waals surface area contributed by atoms with Crippen LogP contribution in [0.4, 0.5) is 10.8 Å². The van der Waals surface area contributed by atoms with Gasteiger partial charge in [0.05, 0.1) is 10.9 Å². The zero-order valence-electron chi connectivity index (χ0n) is 18.7. The summed E-state index contributed by atoms with van der Waals surface area (Å²) in [5.74, 6) is 0.201. The lowest BCUT2D eigenvalue weighted by Crippen LogP contribution is -2.22. The molecule has 9 heteroatoms. The van der Waals surface area contributed by atoms with Crippen LogP contribution in [-0.4, -0.2) is 28.7 Å². The molecule has 0 bridgehead atoms. The Balaban J connectivity index is 1.30. The number of rotatable bonds is 9. The number of carbonyl (C=O) groups excluding carboxylic acids is 2. The van der Waals surface area contributed by atoms with Gasteiger partial charge in [-0.15, -0.1) is 23.1 Å². The summed E-state index contributed by atoms with van der Waals surface area (Å²) in [5.41, 5.74) is 2.17. The van der Waals surface area contributed by atoms with Crippen LogP contribution < -0.4 is 15.4 Å². The number of anilines is 2. The smallest absolute Gasteiger partial charge is 0.262 e. The number of amides is 2. The Hall–Kier alpha value is -3.33. The van der Waals surface area contributed by atoms with Gasteiger partial charge in [0.25, 0.3) is 5.91 Å². The van der Waals surface area contributed by atoms with Gasteiger partial charge in [-0.2, -0.15) is 0 Å². The molecule has 2 N–H and O–H groups in total. The summed E-state index contributed by atoms with van der Waals surface area (Å²) in [4.78, 5) is 30.3. The van der Waals surface area contributed by atoms with E-state index in [1.807, 2.05) is 66.9 Å². The van der Waals surface area contributed by atoms with E-state index in [4.69, 9.17) is 16.3 Å². The van der Waals surface area contributed by atoms with E-state index in [1.165, 1.54) is 23.1 Å². The number of ether oxygens (including phenoxy) is 1. The second kappa shape index (κ2) is 11.9. The van der Waals surface area contributed by atoms with E-state index < -0.39 is 0 Å². The molecular weight excluding hydrogens is 502 g/mol. The molecule has 1 heterocycles. The summed E-state index contributed by atoms with van der Waals surface area (Å²) >= 11 is 8.98. The SMILES string of the molecule is CC(Sc1cccc(NC(=O)COc2ccccc2)c1)C(=O)Nc1nc(-c2ccccc2Cl)cs1. The fraction of sp³-hybridized carbons (Fsp3) is 0.115. The Morgan fingerprint density at radius 1 is 1.03 bits per heavy atom. The van der Waals surface area contributed by atoms with Crippen molar-refractivity contribution in [3.63, 3.8) is 0 Å². The van der Waals surface area contributed by atoms with Crippen molar-refractivity contribution in [1.82, 2.24) is 4.98 Å². The number of hydrogen-bond acceptors (Lipinski definition) is 6. The number of aromatic nitrogens is 1. The zero-order chi connectivity index (χ0) is 24.6. The number of nitrogens with one attached hydrogen (secondary N) is 2. The lowest BCUT2D eigenvalue weighted by Gasteiger charge is -2.12. The van der Waals surface area contributed by atoms with Gasteiger partial charge in [0.2, 0.25) is 5.91 Å². The minimum atomic E-state index is -0.380. The number of para-hydroxylation sites is 1. The highest BCUT2D eigenvalue weighted by Crippen LogP contribution is 2.31. The highest BCUT2D eigenvalue weighted by atomic mass is 35.5. The first-order valence-corrected chi connectivity index (χ1v) is 12.9. The number of nitrogens with zero attached hydrogens (tertiary/aromatic N) is 1. The predicted octanol–water partition coefficient (Wildman–Crippen LogP) is 6.60. The standard InChI is InChI=1S/C26H22ClN3O3S2/c1-17(25(32)30-26-29-23(16-34-26)21-12-5-6-13-22(21)27)35-20-11-7-8-18(14-20)28-24(31)15-33-19-9-3-2-4-10-19/h2-14,16-17H,15H2,1H3,(H,28,31)(H,29,30,32). The van der Waals surface area contributed by atoms with Crippen LogP contribution in [0.15, 0.2) is 89.1 Å². The van der Waals surface area contributed by atoms with Gasteiger partial charge in [0.15, 0.2) is 11.7 Å². The third-order valence-corrected chi connectivity index (χ3v) is 6.98. The lowest BCUT2D eigenvalue weighted by atomic mass is 10.2. The Bertz CT molecular complexity index is 1310. The van der Waals surface area contributed by atoms with Gasteiger partial charge < -0.3 is 15.4 Å². The first-order valence-electron chi connectivity index (χ1n) is 10.7.